The van der Waals surface area contributed by atoms with Crippen molar-refractivity contribution in [2.75, 3.05) is 64.3 Å². The first-order valence-corrected chi connectivity index (χ1v) is 19.4. The molecule has 6 rings (SSSR count). The minimum atomic E-state index is -2.51. The second kappa shape index (κ2) is 20.3. The molecule has 1 aliphatic rings. The van der Waals surface area contributed by atoms with E-state index in [9.17, 15) is 41.9 Å². The molecule has 3 aromatic carbocycles. The number of hydrogen-bond acceptors (Lipinski definition) is 9. The summed E-state index contributed by atoms with van der Waals surface area (Å²) in [5, 5.41) is 13.0. The number of amides is 5. The Morgan fingerprint density at radius 3 is 2.41 bits per heavy atom. The van der Waals surface area contributed by atoms with Gasteiger partial charge < -0.3 is 30.1 Å². The number of rotatable bonds is 17. The average Bonchev–Trinajstić information content (AvgIpc) is 3.25. The summed E-state index contributed by atoms with van der Waals surface area (Å²) in [4.78, 5) is 83.8. The van der Waals surface area contributed by atoms with Crippen molar-refractivity contribution in [2.24, 2.45) is 0 Å². The lowest BCUT2D eigenvalue weighted by molar-refractivity contribution is -0.137. The van der Waals surface area contributed by atoms with Crippen LogP contribution in [0, 0.1) is 5.82 Å². The van der Waals surface area contributed by atoms with Gasteiger partial charge in [-0.25, -0.2) is 23.3 Å². The number of hydrogen-bond donors (Lipinski definition) is 3. The van der Waals surface area contributed by atoms with Crippen molar-refractivity contribution < 1.29 is 41.9 Å². The van der Waals surface area contributed by atoms with Crippen molar-refractivity contribution in [3.05, 3.63) is 123 Å². The fraction of sp³-hybridized carbons (Fsp3) is 0.302. The Labute approximate surface area is 347 Å². The van der Waals surface area contributed by atoms with Crippen molar-refractivity contribution >= 4 is 46.5 Å². The van der Waals surface area contributed by atoms with Gasteiger partial charge >= 0.3 is 0 Å². The van der Waals surface area contributed by atoms with E-state index < -0.39 is 36.4 Å². The highest BCUT2D eigenvalue weighted by molar-refractivity contribution is 6.02. The third kappa shape index (κ3) is 11.4. The summed E-state index contributed by atoms with van der Waals surface area (Å²) in [6, 6.07) is 19.3. The molecule has 0 spiro atoms. The molecule has 2 aromatic heterocycles. The molecule has 0 atom stereocenters. The van der Waals surface area contributed by atoms with E-state index in [2.05, 4.69) is 25.8 Å². The van der Waals surface area contributed by atoms with Gasteiger partial charge in [0.25, 0.3) is 17.4 Å². The summed E-state index contributed by atoms with van der Waals surface area (Å²) < 4.78 is 46.4. The quantitative estimate of drug-likeness (QED) is 0.0928. The molecule has 5 aromatic rings. The first kappa shape index (κ1) is 43.6. The number of carbonyl (C=O) groups is 5. The molecule has 0 unspecified atom stereocenters. The highest BCUT2D eigenvalue weighted by atomic mass is 19.3. The van der Waals surface area contributed by atoms with Crippen molar-refractivity contribution in [3.63, 3.8) is 0 Å². The number of H-pyrrole nitrogens is 1. The lowest BCUT2D eigenvalue weighted by Crippen LogP contribution is -2.52. The number of carbonyl (C=O) groups excluding carboxylic acids is 5. The molecule has 1 fully saturated rings. The van der Waals surface area contributed by atoms with Gasteiger partial charge in [-0.15, -0.1) is 0 Å². The van der Waals surface area contributed by atoms with Gasteiger partial charge in [-0.05, 0) is 41.0 Å². The number of alkyl halides is 2. The number of nitrogens with zero attached hydrogens (tertiary/aromatic N) is 5. The van der Waals surface area contributed by atoms with Crippen LogP contribution in [0.4, 0.5) is 18.9 Å². The number of ether oxygens (including phenoxy) is 1. The number of aromatic nitrogens is 3. The largest absolute Gasteiger partial charge is 0.378 e. The van der Waals surface area contributed by atoms with Crippen LogP contribution in [0.2, 0.25) is 0 Å². The highest BCUT2D eigenvalue weighted by Crippen LogP contribution is 2.26. The van der Waals surface area contributed by atoms with Crippen LogP contribution in [-0.4, -0.2) is 125 Å². The average molecular weight is 841 g/mol. The summed E-state index contributed by atoms with van der Waals surface area (Å²) in [6.45, 7) is 1.94. The number of anilines is 1. The smallest absolute Gasteiger partial charge is 0.272 e. The Balaban J connectivity index is 0.934. The number of nitrogens with one attached hydrogen (secondary N) is 3. The highest BCUT2D eigenvalue weighted by Gasteiger charge is 2.27. The van der Waals surface area contributed by atoms with Crippen LogP contribution in [0.15, 0.2) is 83.8 Å². The zero-order chi connectivity index (χ0) is 43.5. The topological polar surface area (TPSA) is 187 Å². The molecule has 0 bridgehead atoms. The van der Waals surface area contributed by atoms with E-state index in [1.807, 2.05) is 0 Å². The van der Waals surface area contributed by atoms with E-state index in [4.69, 9.17) is 4.74 Å². The first-order valence-electron chi connectivity index (χ1n) is 19.4. The molecule has 0 radical (unpaired) electrons. The number of fused-ring (bicyclic) bond motifs is 1. The SMILES string of the molecule is CC(=O)Nc1cc(-c2cccc(CC(F)F)c2)cnc1C(=O)NCCOCCN(C=O)CC(=O)N1CCN(C(=O)c2cc(Cc3n[nH]c(=O)c4ccccc34)ccc2F)CC1. The summed E-state index contributed by atoms with van der Waals surface area (Å²) in [5.74, 6) is -2.59. The second-order valence-corrected chi connectivity index (χ2v) is 14.3. The van der Waals surface area contributed by atoms with E-state index in [-0.39, 0.29) is 93.9 Å². The maximum absolute atomic E-state index is 15.0. The molecule has 3 heterocycles. The maximum atomic E-state index is 15.0. The van der Waals surface area contributed by atoms with E-state index in [1.54, 1.807) is 54.6 Å². The zero-order valence-corrected chi connectivity index (χ0v) is 33.2. The molecule has 0 saturated carbocycles. The van der Waals surface area contributed by atoms with Crippen LogP contribution < -0.4 is 16.2 Å². The summed E-state index contributed by atoms with van der Waals surface area (Å²) in [6.07, 6.45) is -0.745. The van der Waals surface area contributed by atoms with Crippen molar-refractivity contribution in [3.8, 4) is 11.1 Å². The molecule has 1 aliphatic heterocycles. The van der Waals surface area contributed by atoms with Crippen molar-refractivity contribution in [1.29, 1.82) is 0 Å². The number of aromatic amines is 1. The Kier molecular flexibility index (Phi) is 14.5. The van der Waals surface area contributed by atoms with Gasteiger partial charge in [-0.1, -0.05) is 48.5 Å². The molecule has 1 saturated heterocycles. The Morgan fingerprint density at radius 1 is 0.918 bits per heavy atom. The second-order valence-electron chi connectivity index (χ2n) is 14.3. The van der Waals surface area contributed by atoms with Crippen LogP contribution in [0.25, 0.3) is 21.9 Å². The van der Waals surface area contributed by atoms with Crippen LogP contribution in [0.5, 0.6) is 0 Å². The molecular formula is C43H43F3N8O7. The molecule has 5 amide bonds. The van der Waals surface area contributed by atoms with E-state index in [0.29, 0.717) is 45.1 Å². The molecule has 318 valence electrons. The summed E-state index contributed by atoms with van der Waals surface area (Å²) in [7, 11) is 0. The molecular weight excluding hydrogens is 798 g/mol. The van der Waals surface area contributed by atoms with Gasteiger partial charge in [0.1, 0.15) is 5.82 Å². The predicted molar refractivity (Wildman–Crippen MR) is 219 cm³/mol. The number of pyridine rings is 1. The third-order valence-corrected chi connectivity index (χ3v) is 9.93. The van der Waals surface area contributed by atoms with E-state index in [0.717, 1.165) is 0 Å². The normalized spacial score (nSPS) is 12.7. The van der Waals surface area contributed by atoms with Gasteiger partial charge in [-0.3, -0.25) is 28.8 Å². The fourth-order valence-corrected chi connectivity index (χ4v) is 6.87. The minimum Gasteiger partial charge on any atom is -0.378 e. The summed E-state index contributed by atoms with van der Waals surface area (Å²) in [5.41, 5.74) is 2.35. The minimum absolute atomic E-state index is 0.0529. The fourth-order valence-electron chi connectivity index (χ4n) is 6.87. The zero-order valence-electron chi connectivity index (χ0n) is 33.2. The van der Waals surface area contributed by atoms with Gasteiger partial charge in [0.2, 0.25) is 24.6 Å². The van der Waals surface area contributed by atoms with Crippen LogP contribution in [-0.2, 0) is 32.0 Å². The molecule has 0 aliphatic carbocycles. The number of benzene rings is 3. The number of piperazine rings is 1. The Morgan fingerprint density at radius 2 is 1.67 bits per heavy atom. The van der Waals surface area contributed by atoms with Gasteiger partial charge in [0.05, 0.1) is 42.1 Å². The standard InChI is InChI=1S/C43H43F3N8O7/c1-27(56)49-37-23-31(30-6-4-5-28(19-30)22-38(45)46)24-48-40(37)42(59)47-11-17-61-18-16-52(26-55)25-39(57)53-12-14-54(15-13-53)43(60)34-20-29(9-10-35(34)44)21-36-32-7-2-3-8-33(32)41(58)51-50-36/h2-10,19-20,23-24,26,38H,11-18,21-22,25H2,1H3,(H,47,59)(H,49,56)(H,51,58). The van der Waals surface area contributed by atoms with Crippen LogP contribution in [0.3, 0.4) is 0 Å². The summed E-state index contributed by atoms with van der Waals surface area (Å²) >= 11 is 0. The van der Waals surface area contributed by atoms with Gasteiger partial charge in [0.15, 0.2) is 5.69 Å². The lowest BCUT2D eigenvalue weighted by Gasteiger charge is -2.35. The lowest BCUT2D eigenvalue weighted by atomic mass is 10.0. The first-order chi connectivity index (χ1) is 29.4. The maximum Gasteiger partial charge on any atom is 0.272 e. The molecule has 61 heavy (non-hydrogen) atoms. The third-order valence-electron chi connectivity index (χ3n) is 9.93. The monoisotopic (exact) mass is 840 g/mol. The van der Waals surface area contributed by atoms with Gasteiger partial charge in [-0.2, -0.15) is 5.10 Å². The molecule has 15 nitrogen and oxygen atoms in total. The van der Waals surface area contributed by atoms with Crippen LogP contribution in [0.1, 0.15) is 44.6 Å². The van der Waals surface area contributed by atoms with E-state index in [1.165, 1.54) is 46.0 Å². The van der Waals surface area contributed by atoms with E-state index >= 15 is 0 Å². The molecule has 3 N–H and O–H groups in total. The Bertz CT molecular complexity index is 2470. The molecule has 18 heteroatoms. The van der Waals surface area contributed by atoms with Crippen molar-refractivity contribution in [2.45, 2.75) is 26.2 Å². The number of halogens is 3. The van der Waals surface area contributed by atoms with Crippen molar-refractivity contribution in [1.82, 2.24) is 35.2 Å². The van der Waals surface area contributed by atoms with Crippen LogP contribution >= 0.6 is 0 Å². The predicted octanol–water partition coefficient (Wildman–Crippen LogP) is 3.67. The Hall–Kier alpha value is -6.95. The van der Waals surface area contributed by atoms with Gasteiger partial charge in [0, 0.05) is 76.2 Å².